The number of aryl methyl sites for hydroxylation is 1. The second-order valence-electron chi connectivity index (χ2n) is 19.3. The Bertz CT molecular complexity index is 4290. The molecule has 14 rings (SSSR count). The van der Waals surface area contributed by atoms with E-state index in [9.17, 15) is 19.2 Å². The Morgan fingerprint density at radius 1 is 0.352 bits per heavy atom. The van der Waals surface area contributed by atoms with E-state index in [-0.39, 0.29) is 21.5 Å². The zero-order valence-electron chi connectivity index (χ0n) is 38.8. The Morgan fingerprint density at radius 2 is 0.704 bits per heavy atom. The van der Waals surface area contributed by atoms with E-state index in [2.05, 4.69) is 174 Å². The SMILES string of the molecule is Cc1ccc(CC2(Cc3ccc(-n4c(=O)c5cc6c(=O)n(C)c(=O)c6cc5c4=O)cc3)c3cc(-n4c5ccccc5c5ccccc54)ccc3-c3ccc(-n4c5ccccc5c5ccccc54)cc32)cc1. The summed E-state index contributed by atoms with van der Waals surface area (Å²) >= 11 is 0. The molecule has 0 spiro atoms. The van der Waals surface area contributed by atoms with Crippen LogP contribution < -0.4 is 22.2 Å². The summed E-state index contributed by atoms with van der Waals surface area (Å²) < 4.78 is 6.95. The van der Waals surface area contributed by atoms with Gasteiger partial charge in [-0.05, 0) is 126 Å². The Kier molecular flexibility index (Phi) is 8.60. The first-order valence-electron chi connectivity index (χ1n) is 24.0. The molecule has 1 aliphatic rings. The molecule has 9 aromatic carbocycles. The molecule has 8 heteroatoms. The van der Waals surface area contributed by atoms with Crippen LogP contribution in [0.1, 0.15) is 27.8 Å². The Labute approximate surface area is 405 Å². The smallest absolute Gasteiger partial charge is 0.266 e. The quantitative estimate of drug-likeness (QED) is 0.159. The van der Waals surface area contributed by atoms with Gasteiger partial charge in [-0.1, -0.05) is 127 Å². The monoisotopic (exact) mass is 918 g/mol. The minimum atomic E-state index is -0.604. The predicted molar refractivity (Wildman–Crippen MR) is 287 cm³/mol. The highest BCUT2D eigenvalue weighted by molar-refractivity contribution is 6.10. The zero-order chi connectivity index (χ0) is 47.9. The summed E-state index contributed by atoms with van der Waals surface area (Å²) in [6.07, 6.45) is 1.29. The molecule has 0 amide bonds. The molecular weight excluding hydrogens is 877 g/mol. The largest absolute Gasteiger partial charge is 0.309 e. The molecule has 0 aliphatic heterocycles. The van der Waals surface area contributed by atoms with Crippen LogP contribution in [-0.4, -0.2) is 18.3 Å². The van der Waals surface area contributed by atoms with Gasteiger partial charge in [0.15, 0.2) is 0 Å². The van der Waals surface area contributed by atoms with Crippen molar-refractivity contribution in [3.63, 3.8) is 0 Å². The van der Waals surface area contributed by atoms with Gasteiger partial charge in [0.25, 0.3) is 22.2 Å². The lowest BCUT2D eigenvalue weighted by molar-refractivity contribution is 0.519. The summed E-state index contributed by atoms with van der Waals surface area (Å²) in [6, 6.07) is 67.9. The number of hydrogen-bond acceptors (Lipinski definition) is 4. The number of fused-ring (bicyclic) bond motifs is 11. The maximum atomic E-state index is 14.1. The molecule has 8 nitrogen and oxygen atoms in total. The predicted octanol–water partition coefficient (Wildman–Crippen LogP) is 11.7. The van der Waals surface area contributed by atoms with E-state index in [0.29, 0.717) is 18.5 Å². The number of hydrogen-bond donors (Lipinski definition) is 0. The van der Waals surface area contributed by atoms with Crippen molar-refractivity contribution in [2.24, 2.45) is 7.05 Å². The van der Waals surface area contributed by atoms with Crippen LogP contribution in [-0.2, 0) is 25.3 Å². The van der Waals surface area contributed by atoms with Crippen molar-refractivity contribution < 1.29 is 0 Å². The Morgan fingerprint density at radius 3 is 1.11 bits per heavy atom. The van der Waals surface area contributed by atoms with E-state index in [0.717, 1.165) is 48.1 Å². The van der Waals surface area contributed by atoms with Crippen LogP contribution in [0.15, 0.2) is 213 Å². The molecule has 0 saturated carbocycles. The first-order chi connectivity index (χ1) is 34.7. The lowest BCUT2D eigenvalue weighted by Crippen LogP contribution is -2.31. The normalized spacial score (nSPS) is 13.1. The number of benzene rings is 9. The van der Waals surface area contributed by atoms with Gasteiger partial charge in [0.2, 0.25) is 0 Å². The van der Waals surface area contributed by atoms with Gasteiger partial charge in [-0.3, -0.25) is 23.7 Å². The van der Waals surface area contributed by atoms with E-state index in [1.807, 2.05) is 24.3 Å². The van der Waals surface area contributed by atoms with Crippen molar-refractivity contribution in [3.05, 3.63) is 263 Å². The molecule has 1 aliphatic carbocycles. The molecule has 13 aromatic rings. The van der Waals surface area contributed by atoms with E-state index in [1.165, 1.54) is 74.1 Å². The number of rotatable bonds is 7. The van der Waals surface area contributed by atoms with Crippen LogP contribution in [0.4, 0.5) is 0 Å². The molecule has 0 radical (unpaired) electrons. The molecule has 0 N–H and O–H groups in total. The van der Waals surface area contributed by atoms with Crippen LogP contribution in [0, 0.1) is 6.92 Å². The maximum absolute atomic E-state index is 14.1. The highest BCUT2D eigenvalue weighted by Crippen LogP contribution is 2.54. The van der Waals surface area contributed by atoms with Gasteiger partial charge in [0.1, 0.15) is 0 Å². The first-order valence-corrected chi connectivity index (χ1v) is 24.0. The third-order valence-electron chi connectivity index (χ3n) is 15.4. The fourth-order valence-corrected chi connectivity index (χ4v) is 12.1. The molecule has 0 fully saturated rings. The van der Waals surface area contributed by atoms with Crippen molar-refractivity contribution in [3.8, 4) is 28.2 Å². The second-order valence-corrected chi connectivity index (χ2v) is 19.3. The highest BCUT2D eigenvalue weighted by atomic mass is 16.2. The van der Waals surface area contributed by atoms with Crippen molar-refractivity contribution in [2.45, 2.75) is 25.2 Å². The summed E-state index contributed by atoms with van der Waals surface area (Å²) in [4.78, 5) is 53.9. The van der Waals surface area contributed by atoms with Crippen molar-refractivity contribution >= 4 is 65.2 Å². The van der Waals surface area contributed by atoms with Crippen LogP contribution in [0.5, 0.6) is 0 Å². The average Bonchev–Trinajstić information content (AvgIpc) is 4.13. The lowest BCUT2D eigenvalue weighted by Gasteiger charge is -2.34. The van der Waals surface area contributed by atoms with Crippen LogP contribution in [0.2, 0.25) is 0 Å². The van der Waals surface area contributed by atoms with Crippen molar-refractivity contribution in [1.29, 1.82) is 0 Å². The molecule has 0 atom stereocenters. The maximum Gasteiger partial charge on any atom is 0.266 e. The summed E-state index contributed by atoms with van der Waals surface area (Å²) in [5.74, 6) is 0. The van der Waals surface area contributed by atoms with E-state index < -0.39 is 27.7 Å². The standard InChI is InChI=1S/C63H42N4O4/c1-37-19-21-38(22-20-37)35-63(36-39-23-25-40(26-24-39)67-61(70)51-33-49-50(34-52(51)62(67)71)60(69)64(2)59(49)68)53-31-41(65-55-15-7-3-11-45(55)46-12-4-8-16-56(46)65)27-29-43(53)44-30-28-42(32-54(44)63)66-57-17-9-5-13-47(57)48-14-6-10-18-58(48)66/h3-34H,35-36H2,1-2H3. The van der Waals surface area contributed by atoms with E-state index in [4.69, 9.17) is 0 Å². The summed E-state index contributed by atoms with van der Waals surface area (Å²) in [5.41, 5.74) is 12.7. The fourth-order valence-electron chi connectivity index (χ4n) is 12.1. The van der Waals surface area contributed by atoms with Crippen molar-refractivity contribution in [2.75, 3.05) is 0 Å². The van der Waals surface area contributed by atoms with Crippen molar-refractivity contribution in [1.82, 2.24) is 18.3 Å². The number of para-hydroxylation sites is 4. The highest BCUT2D eigenvalue weighted by Gasteiger charge is 2.44. The van der Waals surface area contributed by atoms with E-state index in [1.54, 1.807) is 0 Å². The molecule has 4 aromatic heterocycles. The Balaban J connectivity index is 0.994. The van der Waals surface area contributed by atoms with Gasteiger partial charge in [-0.2, -0.15) is 0 Å². The van der Waals surface area contributed by atoms with Gasteiger partial charge >= 0.3 is 0 Å². The molecular formula is C63H42N4O4. The molecule has 0 bridgehead atoms. The minimum absolute atomic E-state index is 0.114. The van der Waals surface area contributed by atoms with Crippen LogP contribution >= 0.6 is 0 Å². The molecule has 4 heterocycles. The van der Waals surface area contributed by atoms with Gasteiger partial charge in [0.05, 0.1) is 49.3 Å². The summed E-state index contributed by atoms with van der Waals surface area (Å²) in [5, 5.41) is 5.29. The molecule has 338 valence electrons. The van der Waals surface area contributed by atoms with E-state index >= 15 is 0 Å². The zero-order valence-corrected chi connectivity index (χ0v) is 38.8. The van der Waals surface area contributed by atoms with Gasteiger partial charge < -0.3 is 9.13 Å². The fraction of sp³-hybridized carbons (Fsp3) is 0.0794. The number of aromatic nitrogens is 4. The average molecular weight is 919 g/mol. The second kappa shape index (κ2) is 14.9. The summed E-state index contributed by atoms with van der Waals surface area (Å²) in [6.45, 7) is 2.12. The third-order valence-corrected chi connectivity index (χ3v) is 15.4. The topological polar surface area (TPSA) is 88.0 Å². The van der Waals surface area contributed by atoms with Crippen LogP contribution in [0.25, 0.3) is 93.3 Å². The Hall–Kier alpha value is -9.14. The third kappa shape index (κ3) is 5.79. The van der Waals surface area contributed by atoms with Gasteiger partial charge in [0, 0.05) is 45.4 Å². The number of nitrogens with zero attached hydrogens (tertiary/aromatic N) is 4. The van der Waals surface area contributed by atoms with Gasteiger partial charge in [-0.15, -0.1) is 0 Å². The molecule has 0 saturated heterocycles. The lowest BCUT2D eigenvalue weighted by atomic mass is 9.69. The van der Waals surface area contributed by atoms with Gasteiger partial charge in [-0.25, -0.2) is 4.57 Å². The first kappa shape index (κ1) is 40.9. The summed E-state index contributed by atoms with van der Waals surface area (Å²) in [7, 11) is 1.40. The van der Waals surface area contributed by atoms with Crippen LogP contribution in [0.3, 0.4) is 0 Å². The molecule has 71 heavy (non-hydrogen) atoms. The minimum Gasteiger partial charge on any atom is -0.309 e. The molecule has 0 unspecified atom stereocenters.